The Kier molecular flexibility index (Phi) is 4.77. The van der Waals surface area contributed by atoms with Gasteiger partial charge in [-0.1, -0.05) is 26.0 Å². The summed E-state index contributed by atoms with van der Waals surface area (Å²) in [5, 5.41) is 2.97. The van der Waals surface area contributed by atoms with Gasteiger partial charge in [0.25, 0.3) is 0 Å². The van der Waals surface area contributed by atoms with E-state index in [1.54, 1.807) is 0 Å². The molecule has 0 aliphatic heterocycles. The maximum absolute atomic E-state index is 12.2. The third kappa shape index (κ3) is 2.84. The minimum atomic E-state index is -0.226. The Morgan fingerprint density at radius 1 is 1.30 bits per heavy atom. The summed E-state index contributed by atoms with van der Waals surface area (Å²) in [7, 11) is 0. The van der Waals surface area contributed by atoms with Gasteiger partial charge in [0.05, 0.1) is 11.0 Å². The minimum absolute atomic E-state index is 0.0624. The van der Waals surface area contributed by atoms with Crippen molar-refractivity contribution in [1.82, 2.24) is 14.9 Å². The predicted molar refractivity (Wildman–Crippen MR) is 81.7 cm³/mol. The zero-order valence-corrected chi connectivity index (χ0v) is 12.5. The normalized spacial score (nSPS) is 12.6. The van der Waals surface area contributed by atoms with Gasteiger partial charge in [0.2, 0.25) is 5.91 Å². The highest BCUT2D eigenvalue weighted by Crippen LogP contribution is 2.22. The highest BCUT2D eigenvalue weighted by molar-refractivity contribution is 5.84. The van der Waals surface area contributed by atoms with E-state index in [0.717, 1.165) is 42.7 Å². The van der Waals surface area contributed by atoms with Crippen molar-refractivity contribution in [2.24, 2.45) is 0 Å². The Morgan fingerprint density at radius 2 is 2.05 bits per heavy atom. The molecule has 1 N–H and O–H groups in total. The molecule has 0 saturated carbocycles. The van der Waals surface area contributed by atoms with Crippen molar-refractivity contribution < 1.29 is 4.79 Å². The topological polar surface area (TPSA) is 46.9 Å². The summed E-state index contributed by atoms with van der Waals surface area (Å²) in [5.74, 6) is 1.06. The summed E-state index contributed by atoms with van der Waals surface area (Å²) in [4.78, 5) is 16.9. The second-order valence-corrected chi connectivity index (χ2v) is 5.10. The molecule has 0 fully saturated rings. The molecule has 20 heavy (non-hydrogen) atoms. The molecule has 1 aromatic heterocycles. The van der Waals surface area contributed by atoms with Gasteiger partial charge in [0.15, 0.2) is 0 Å². The molecule has 2 aromatic rings. The van der Waals surface area contributed by atoms with Gasteiger partial charge < -0.3 is 9.88 Å². The Hall–Kier alpha value is -1.84. The molecule has 1 amide bonds. The SMILES string of the molecule is CCCNC(=O)C(C)n1c(CCC)nc2ccccc21. The zero-order valence-electron chi connectivity index (χ0n) is 12.5. The highest BCUT2D eigenvalue weighted by atomic mass is 16.2. The van der Waals surface area contributed by atoms with E-state index in [9.17, 15) is 4.79 Å². The van der Waals surface area contributed by atoms with Gasteiger partial charge in [-0.15, -0.1) is 0 Å². The van der Waals surface area contributed by atoms with E-state index in [2.05, 4.69) is 28.7 Å². The Labute approximate surface area is 120 Å². The van der Waals surface area contributed by atoms with Crippen molar-refractivity contribution in [3.63, 3.8) is 0 Å². The van der Waals surface area contributed by atoms with Crippen molar-refractivity contribution in [2.75, 3.05) is 6.54 Å². The molecule has 108 valence electrons. The fourth-order valence-corrected chi connectivity index (χ4v) is 2.44. The maximum Gasteiger partial charge on any atom is 0.242 e. The van der Waals surface area contributed by atoms with E-state index in [-0.39, 0.29) is 11.9 Å². The number of carbonyl (C=O) groups is 1. The van der Waals surface area contributed by atoms with E-state index >= 15 is 0 Å². The smallest absolute Gasteiger partial charge is 0.242 e. The number of fused-ring (bicyclic) bond motifs is 1. The van der Waals surface area contributed by atoms with Gasteiger partial charge in [0, 0.05) is 13.0 Å². The number of rotatable bonds is 6. The molecule has 0 bridgehead atoms. The second-order valence-electron chi connectivity index (χ2n) is 5.10. The van der Waals surface area contributed by atoms with Crippen molar-refractivity contribution in [3.8, 4) is 0 Å². The number of nitrogens with one attached hydrogen (secondary N) is 1. The molecule has 0 radical (unpaired) electrons. The first-order valence-electron chi connectivity index (χ1n) is 7.42. The third-order valence-electron chi connectivity index (χ3n) is 3.46. The van der Waals surface area contributed by atoms with Crippen LogP contribution in [-0.2, 0) is 11.2 Å². The first kappa shape index (κ1) is 14.6. The molecule has 1 unspecified atom stereocenters. The van der Waals surface area contributed by atoms with Gasteiger partial charge in [-0.2, -0.15) is 0 Å². The zero-order chi connectivity index (χ0) is 14.5. The van der Waals surface area contributed by atoms with Crippen molar-refractivity contribution in [2.45, 2.75) is 46.1 Å². The molecular weight excluding hydrogens is 250 g/mol. The van der Waals surface area contributed by atoms with Crippen molar-refractivity contribution in [1.29, 1.82) is 0 Å². The maximum atomic E-state index is 12.2. The van der Waals surface area contributed by atoms with Gasteiger partial charge in [-0.25, -0.2) is 4.98 Å². The number of benzene rings is 1. The molecule has 0 saturated heterocycles. The molecule has 0 spiro atoms. The van der Waals surface area contributed by atoms with Crippen LogP contribution in [0.2, 0.25) is 0 Å². The van der Waals surface area contributed by atoms with Crippen LogP contribution in [-0.4, -0.2) is 22.0 Å². The van der Waals surface area contributed by atoms with E-state index in [4.69, 9.17) is 0 Å². The number of para-hydroxylation sites is 2. The molecule has 4 nitrogen and oxygen atoms in total. The summed E-state index contributed by atoms with van der Waals surface area (Å²) in [6.07, 6.45) is 2.86. The van der Waals surface area contributed by atoms with Gasteiger partial charge in [-0.05, 0) is 31.9 Å². The molecule has 1 heterocycles. The fourth-order valence-electron chi connectivity index (χ4n) is 2.44. The summed E-state index contributed by atoms with van der Waals surface area (Å²) in [6.45, 7) is 6.85. The van der Waals surface area contributed by atoms with Gasteiger partial charge >= 0.3 is 0 Å². The number of imidazole rings is 1. The minimum Gasteiger partial charge on any atom is -0.354 e. The third-order valence-corrected chi connectivity index (χ3v) is 3.46. The van der Waals surface area contributed by atoms with Crippen LogP contribution in [0.4, 0.5) is 0 Å². The summed E-state index contributed by atoms with van der Waals surface area (Å²) < 4.78 is 2.07. The molecule has 1 atom stereocenters. The predicted octanol–water partition coefficient (Wildman–Crippen LogP) is 3.08. The number of aromatic nitrogens is 2. The lowest BCUT2D eigenvalue weighted by atomic mass is 10.2. The number of nitrogens with zero attached hydrogens (tertiary/aromatic N) is 2. The van der Waals surface area contributed by atoms with Crippen LogP contribution in [0.3, 0.4) is 0 Å². The van der Waals surface area contributed by atoms with Gasteiger partial charge in [0.1, 0.15) is 11.9 Å². The van der Waals surface area contributed by atoms with Crippen LogP contribution in [0.15, 0.2) is 24.3 Å². The van der Waals surface area contributed by atoms with Crippen LogP contribution in [0.25, 0.3) is 11.0 Å². The number of hydrogen-bond acceptors (Lipinski definition) is 2. The average Bonchev–Trinajstić information content (AvgIpc) is 2.82. The lowest BCUT2D eigenvalue weighted by Gasteiger charge is -2.17. The van der Waals surface area contributed by atoms with E-state index in [1.807, 2.05) is 31.2 Å². The largest absolute Gasteiger partial charge is 0.354 e. The Balaban J connectivity index is 2.39. The van der Waals surface area contributed by atoms with E-state index in [0.29, 0.717) is 0 Å². The van der Waals surface area contributed by atoms with Crippen LogP contribution >= 0.6 is 0 Å². The summed E-state index contributed by atoms with van der Waals surface area (Å²) >= 11 is 0. The fraction of sp³-hybridized carbons (Fsp3) is 0.500. The monoisotopic (exact) mass is 273 g/mol. The van der Waals surface area contributed by atoms with Crippen molar-refractivity contribution in [3.05, 3.63) is 30.1 Å². The first-order chi connectivity index (χ1) is 9.69. The standard InChI is InChI=1S/C16H23N3O/c1-4-8-15-18-13-9-6-7-10-14(13)19(15)12(3)16(20)17-11-5-2/h6-7,9-10,12H,4-5,8,11H2,1-3H3,(H,17,20). The molecule has 1 aromatic carbocycles. The number of aryl methyl sites for hydroxylation is 1. The lowest BCUT2D eigenvalue weighted by molar-refractivity contribution is -0.123. The van der Waals surface area contributed by atoms with Crippen LogP contribution < -0.4 is 5.32 Å². The Bertz CT molecular complexity index is 588. The number of carbonyl (C=O) groups excluding carboxylic acids is 1. The van der Waals surface area contributed by atoms with Crippen LogP contribution in [0.1, 0.15) is 45.5 Å². The van der Waals surface area contributed by atoms with Crippen LogP contribution in [0.5, 0.6) is 0 Å². The molecule has 2 rings (SSSR count). The highest BCUT2D eigenvalue weighted by Gasteiger charge is 2.20. The second kappa shape index (κ2) is 6.55. The summed E-state index contributed by atoms with van der Waals surface area (Å²) in [6, 6.07) is 7.78. The number of hydrogen-bond donors (Lipinski definition) is 1. The molecule has 0 aliphatic carbocycles. The molecule has 0 aliphatic rings. The Morgan fingerprint density at radius 3 is 2.75 bits per heavy atom. The molecule has 4 heteroatoms. The van der Waals surface area contributed by atoms with E-state index < -0.39 is 0 Å². The lowest BCUT2D eigenvalue weighted by Crippen LogP contribution is -2.32. The van der Waals surface area contributed by atoms with Crippen LogP contribution in [0, 0.1) is 0 Å². The van der Waals surface area contributed by atoms with Crippen molar-refractivity contribution >= 4 is 16.9 Å². The van der Waals surface area contributed by atoms with Gasteiger partial charge in [-0.3, -0.25) is 4.79 Å². The first-order valence-corrected chi connectivity index (χ1v) is 7.42. The quantitative estimate of drug-likeness (QED) is 0.879. The van der Waals surface area contributed by atoms with E-state index in [1.165, 1.54) is 0 Å². The summed E-state index contributed by atoms with van der Waals surface area (Å²) in [5.41, 5.74) is 2.00. The average molecular weight is 273 g/mol. The number of amides is 1. The molecular formula is C16H23N3O.